The average molecular weight is 343 g/mol. The second kappa shape index (κ2) is 9.88. The van der Waals surface area contributed by atoms with Gasteiger partial charge in [-0.05, 0) is 42.0 Å². The van der Waals surface area contributed by atoms with Gasteiger partial charge in [0, 0.05) is 23.7 Å². The Labute approximate surface area is 148 Å². The minimum absolute atomic E-state index is 0.0950. The predicted octanol–water partition coefficient (Wildman–Crippen LogP) is 4.07. The number of carbonyl (C=O) groups is 1. The third-order valence-corrected chi connectivity index (χ3v) is 4.44. The van der Waals surface area contributed by atoms with E-state index < -0.39 is 0 Å². The van der Waals surface area contributed by atoms with Gasteiger partial charge in [-0.2, -0.15) is 5.10 Å². The Morgan fingerprint density at radius 3 is 2.46 bits per heavy atom. The van der Waals surface area contributed by atoms with Gasteiger partial charge in [-0.15, -0.1) is 11.3 Å². The number of nitrogens with zero attached hydrogens (tertiary/aromatic N) is 2. The van der Waals surface area contributed by atoms with E-state index in [-0.39, 0.29) is 5.91 Å². The zero-order chi connectivity index (χ0) is 17.2. The molecule has 5 heteroatoms. The Hall–Kier alpha value is -2.14. The smallest absolute Gasteiger partial charge is 0.245 e. The minimum atomic E-state index is -0.0950. The van der Waals surface area contributed by atoms with Crippen LogP contribution in [0.15, 0.2) is 46.9 Å². The highest BCUT2D eigenvalue weighted by atomic mass is 32.1. The van der Waals surface area contributed by atoms with Crippen molar-refractivity contribution in [3.05, 3.63) is 52.2 Å². The van der Waals surface area contributed by atoms with Gasteiger partial charge in [0.05, 0.1) is 12.6 Å². The van der Waals surface area contributed by atoms with Crippen molar-refractivity contribution in [3.63, 3.8) is 0 Å². The highest BCUT2D eigenvalue weighted by Crippen LogP contribution is 2.15. The summed E-state index contributed by atoms with van der Waals surface area (Å²) in [6.07, 6.45) is 4.33. The van der Waals surface area contributed by atoms with Crippen molar-refractivity contribution in [2.45, 2.75) is 33.1 Å². The molecule has 1 aromatic heterocycles. The number of amides is 1. The molecule has 0 fully saturated rings. The molecule has 0 bridgehead atoms. The summed E-state index contributed by atoms with van der Waals surface area (Å²) < 4.78 is 0. The summed E-state index contributed by atoms with van der Waals surface area (Å²) in [5.41, 5.74) is 4.78. The van der Waals surface area contributed by atoms with Crippen LogP contribution in [0.2, 0.25) is 0 Å². The molecular weight excluding hydrogens is 318 g/mol. The molecule has 1 heterocycles. The number of hydrazone groups is 1. The van der Waals surface area contributed by atoms with E-state index in [9.17, 15) is 4.79 Å². The summed E-state index contributed by atoms with van der Waals surface area (Å²) in [6, 6.07) is 12.2. The lowest BCUT2D eigenvalue weighted by atomic mass is 10.2. The van der Waals surface area contributed by atoms with Crippen LogP contribution in [0, 0.1) is 0 Å². The summed E-state index contributed by atoms with van der Waals surface area (Å²) in [7, 11) is 0. The molecule has 4 nitrogen and oxygen atoms in total. The lowest BCUT2D eigenvalue weighted by Gasteiger charge is -2.23. The van der Waals surface area contributed by atoms with Crippen molar-refractivity contribution in [3.8, 4) is 0 Å². The van der Waals surface area contributed by atoms with Gasteiger partial charge in [0.2, 0.25) is 5.91 Å². The van der Waals surface area contributed by atoms with Gasteiger partial charge < -0.3 is 4.90 Å². The summed E-state index contributed by atoms with van der Waals surface area (Å²) in [5, 5.41) is 6.00. The predicted molar refractivity (Wildman–Crippen MR) is 103 cm³/mol. The fourth-order valence-electron chi connectivity index (χ4n) is 2.47. The van der Waals surface area contributed by atoms with E-state index in [2.05, 4.69) is 41.4 Å². The maximum atomic E-state index is 11.8. The van der Waals surface area contributed by atoms with E-state index in [1.165, 1.54) is 5.69 Å². The minimum Gasteiger partial charge on any atom is -0.372 e. The Bertz CT molecular complexity index is 629. The van der Waals surface area contributed by atoms with E-state index in [0.29, 0.717) is 6.42 Å². The van der Waals surface area contributed by atoms with Gasteiger partial charge in [0.25, 0.3) is 0 Å². The number of carbonyl (C=O) groups excluding carboxylic acids is 1. The molecule has 1 N–H and O–H groups in total. The van der Waals surface area contributed by atoms with Crippen molar-refractivity contribution in [2.75, 3.05) is 18.0 Å². The number of thiophene rings is 1. The van der Waals surface area contributed by atoms with E-state index in [1.807, 2.05) is 29.6 Å². The molecule has 2 rings (SSSR count). The number of anilines is 1. The van der Waals surface area contributed by atoms with E-state index >= 15 is 0 Å². The van der Waals surface area contributed by atoms with Gasteiger partial charge in [0.15, 0.2) is 0 Å². The molecule has 1 amide bonds. The first-order valence-electron chi connectivity index (χ1n) is 8.42. The molecule has 128 valence electrons. The lowest BCUT2D eigenvalue weighted by molar-refractivity contribution is -0.120. The van der Waals surface area contributed by atoms with Gasteiger partial charge in [-0.25, -0.2) is 5.43 Å². The van der Waals surface area contributed by atoms with Crippen LogP contribution in [0.25, 0.3) is 0 Å². The van der Waals surface area contributed by atoms with Crippen molar-refractivity contribution >= 4 is 29.1 Å². The fraction of sp³-hybridized carbons (Fsp3) is 0.368. The first-order chi connectivity index (χ1) is 11.7. The first kappa shape index (κ1) is 18.2. The Kier molecular flexibility index (Phi) is 7.49. The molecule has 0 saturated carbocycles. The zero-order valence-corrected chi connectivity index (χ0v) is 15.2. The van der Waals surface area contributed by atoms with Gasteiger partial charge in [0.1, 0.15) is 0 Å². The Morgan fingerprint density at radius 2 is 1.88 bits per heavy atom. The van der Waals surface area contributed by atoms with Crippen LogP contribution in [0.4, 0.5) is 5.69 Å². The van der Waals surface area contributed by atoms with Crippen molar-refractivity contribution < 1.29 is 4.79 Å². The number of benzene rings is 1. The maximum absolute atomic E-state index is 11.8. The molecule has 24 heavy (non-hydrogen) atoms. The Morgan fingerprint density at radius 1 is 1.17 bits per heavy atom. The van der Waals surface area contributed by atoms with Crippen LogP contribution in [0.3, 0.4) is 0 Å². The van der Waals surface area contributed by atoms with Crippen LogP contribution in [0.5, 0.6) is 0 Å². The second-order valence-corrected chi connectivity index (χ2v) is 6.66. The SMILES string of the molecule is CCCN(CCC)c1ccc(/C=N\NC(=O)Cc2cccs2)cc1. The summed E-state index contributed by atoms with van der Waals surface area (Å²) >= 11 is 1.58. The fourth-order valence-corrected chi connectivity index (χ4v) is 3.17. The molecule has 0 atom stereocenters. The van der Waals surface area contributed by atoms with Gasteiger partial charge in [-0.3, -0.25) is 4.79 Å². The molecular formula is C19H25N3OS. The largest absolute Gasteiger partial charge is 0.372 e. The number of hydrogen-bond acceptors (Lipinski definition) is 4. The molecule has 0 aliphatic carbocycles. The highest BCUT2D eigenvalue weighted by Gasteiger charge is 2.04. The van der Waals surface area contributed by atoms with Crippen molar-refractivity contribution in [1.29, 1.82) is 0 Å². The van der Waals surface area contributed by atoms with Crippen LogP contribution < -0.4 is 10.3 Å². The molecule has 1 aromatic carbocycles. The molecule has 0 unspecified atom stereocenters. The lowest BCUT2D eigenvalue weighted by Crippen LogP contribution is -2.24. The summed E-state index contributed by atoms with van der Waals surface area (Å²) in [5.74, 6) is -0.0950. The topological polar surface area (TPSA) is 44.7 Å². The average Bonchev–Trinajstić information content (AvgIpc) is 3.08. The van der Waals surface area contributed by atoms with Crippen LogP contribution in [-0.2, 0) is 11.2 Å². The molecule has 0 saturated heterocycles. The van der Waals surface area contributed by atoms with E-state index in [0.717, 1.165) is 36.4 Å². The molecule has 2 aromatic rings. The van der Waals surface area contributed by atoms with Crippen molar-refractivity contribution in [1.82, 2.24) is 5.43 Å². The maximum Gasteiger partial charge on any atom is 0.245 e. The number of hydrogen-bond donors (Lipinski definition) is 1. The van der Waals surface area contributed by atoms with Crippen molar-refractivity contribution in [2.24, 2.45) is 5.10 Å². The quantitative estimate of drug-likeness (QED) is 0.551. The molecule has 0 radical (unpaired) electrons. The van der Waals surface area contributed by atoms with Crippen LogP contribution >= 0.6 is 11.3 Å². The monoisotopic (exact) mass is 343 g/mol. The van der Waals surface area contributed by atoms with Crippen LogP contribution in [-0.4, -0.2) is 25.2 Å². The summed E-state index contributed by atoms with van der Waals surface area (Å²) in [4.78, 5) is 15.2. The normalized spacial score (nSPS) is 10.9. The molecule has 0 aliphatic heterocycles. The Balaban J connectivity index is 1.87. The zero-order valence-electron chi connectivity index (χ0n) is 14.4. The number of rotatable bonds is 9. The standard InChI is InChI=1S/C19H25N3OS/c1-3-11-22(12-4-2)17-9-7-16(8-10-17)15-20-21-19(23)14-18-6-5-13-24-18/h5-10,13,15H,3-4,11-12,14H2,1-2H3,(H,21,23)/b20-15-. The van der Waals surface area contributed by atoms with Gasteiger partial charge >= 0.3 is 0 Å². The molecule has 0 aliphatic rings. The number of nitrogens with one attached hydrogen (secondary N) is 1. The highest BCUT2D eigenvalue weighted by molar-refractivity contribution is 7.10. The first-order valence-corrected chi connectivity index (χ1v) is 9.30. The third-order valence-electron chi connectivity index (χ3n) is 3.56. The van der Waals surface area contributed by atoms with E-state index in [1.54, 1.807) is 17.6 Å². The molecule has 0 spiro atoms. The third kappa shape index (κ3) is 5.81. The van der Waals surface area contributed by atoms with E-state index in [4.69, 9.17) is 0 Å². The second-order valence-electron chi connectivity index (χ2n) is 5.63. The van der Waals surface area contributed by atoms with Gasteiger partial charge in [-0.1, -0.05) is 32.0 Å². The van der Waals surface area contributed by atoms with Crippen LogP contribution in [0.1, 0.15) is 37.1 Å². The summed E-state index contributed by atoms with van der Waals surface area (Å²) in [6.45, 7) is 6.53.